The van der Waals surface area contributed by atoms with Crippen molar-refractivity contribution < 1.29 is 35.2 Å². The van der Waals surface area contributed by atoms with Gasteiger partial charge in [0.25, 0.3) is 0 Å². The molecule has 0 unspecified atom stereocenters. The van der Waals surface area contributed by atoms with Gasteiger partial charge in [-0.2, -0.15) is 13.2 Å². The Kier molecular flexibility index (Phi) is 8.74. The van der Waals surface area contributed by atoms with Crippen LogP contribution in [0.3, 0.4) is 0 Å². The molecule has 0 spiro atoms. The Balaban J connectivity index is 1.81. The first kappa shape index (κ1) is 28.7. The summed E-state index contributed by atoms with van der Waals surface area (Å²) in [4.78, 5) is 16.6. The zero-order valence-corrected chi connectivity index (χ0v) is 21.4. The molecule has 0 bridgehead atoms. The summed E-state index contributed by atoms with van der Waals surface area (Å²) >= 11 is 5.81. The zero-order chi connectivity index (χ0) is 27.5. The summed E-state index contributed by atoms with van der Waals surface area (Å²) in [6.45, 7) is 1.58. The van der Waals surface area contributed by atoms with Crippen LogP contribution in [0.15, 0.2) is 48.5 Å². The Labute approximate surface area is 216 Å². The highest BCUT2D eigenvalue weighted by molar-refractivity contribution is 7.90. The molecule has 0 aliphatic heterocycles. The Morgan fingerprint density at radius 2 is 1.65 bits per heavy atom. The number of hydrogen-bond acceptors (Lipinski definition) is 4. The van der Waals surface area contributed by atoms with E-state index in [1.54, 1.807) is 13.0 Å². The van der Waals surface area contributed by atoms with Gasteiger partial charge in [0, 0.05) is 24.2 Å². The standard InChI is InChI=1S/C26H23ClF5NO3S/c1-15(18-4-3-16(22(29)14-18)11-12-37(2,35)36)23(34)9-6-17-7-10-24(26(30,31)32)33-25(17)19-5-8-21(28)20(27)13-19/h3-5,7-8,10,13-15H,6,9,11-12H2,1-2H3/t15-/m0/s1. The van der Waals surface area contributed by atoms with Crippen LogP contribution < -0.4 is 0 Å². The number of hydrogen-bond donors (Lipinski definition) is 0. The minimum Gasteiger partial charge on any atom is -0.299 e. The normalized spacial score (nSPS) is 13.0. The molecule has 1 atom stereocenters. The van der Waals surface area contributed by atoms with E-state index in [0.29, 0.717) is 11.1 Å². The predicted molar refractivity (Wildman–Crippen MR) is 131 cm³/mol. The van der Waals surface area contributed by atoms with E-state index in [1.165, 1.54) is 30.3 Å². The Hall–Kier alpha value is -2.85. The number of benzene rings is 2. The molecule has 37 heavy (non-hydrogen) atoms. The number of aryl methyl sites for hydroxylation is 2. The number of halogens is 6. The van der Waals surface area contributed by atoms with Crippen molar-refractivity contribution in [2.45, 2.75) is 38.3 Å². The largest absolute Gasteiger partial charge is 0.433 e. The Morgan fingerprint density at radius 3 is 2.24 bits per heavy atom. The number of aromatic nitrogens is 1. The number of rotatable bonds is 9. The second-order valence-corrected chi connectivity index (χ2v) is 11.4. The maximum atomic E-state index is 14.5. The number of pyridine rings is 1. The number of ketones is 1. The van der Waals surface area contributed by atoms with E-state index in [1.807, 2.05) is 0 Å². The Morgan fingerprint density at radius 1 is 0.973 bits per heavy atom. The monoisotopic (exact) mass is 559 g/mol. The second-order valence-electron chi connectivity index (χ2n) is 8.75. The minimum atomic E-state index is -4.71. The van der Waals surface area contributed by atoms with Crippen molar-refractivity contribution in [1.29, 1.82) is 0 Å². The van der Waals surface area contributed by atoms with Crippen LogP contribution in [0, 0.1) is 11.6 Å². The van der Waals surface area contributed by atoms with Crippen molar-refractivity contribution in [3.05, 3.63) is 87.6 Å². The molecule has 0 fully saturated rings. The topological polar surface area (TPSA) is 64.1 Å². The molecular weight excluding hydrogens is 537 g/mol. The van der Waals surface area contributed by atoms with Crippen molar-refractivity contribution in [3.63, 3.8) is 0 Å². The van der Waals surface area contributed by atoms with E-state index < -0.39 is 39.3 Å². The van der Waals surface area contributed by atoms with Gasteiger partial charge in [0.1, 0.15) is 32.9 Å². The van der Waals surface area contributed by atoms with Crippen molar-refractivity contribution in [1.82, 2.24) is 4.98 Å². The highest BCUT2D eigenvalue weighted by Gasteiger charge is 2.33. The first-order valence-electron chi connectivity index (χ1n) is 11.2. The van der Waals surface area contributed by atoms with E-state index in [9.17, 15) is 35.2 Å². The number of sulfone groups is 1. The third-order valence-corrected chi connectivity index (χ3v) is 7.14. The molecule has 0 aliphatic carbocycles. The van der Waals surface area contributed by atoms with Gasteiger partial charge < -0.3 is 0 Å². The molecular formula is C26H23ClF5NO3S. The van der Waals surface area contributed by atoms with Crippen molar-refractivity contribution in [2.75, 3.05) is 12.0 Å². The van der Waals surface area contributed by atoms with Gasteiger partial charge in [-0.3, -0.25) is 4.79 Å². The number of carbonyl (C=O) groups is 1. The van der Waals surface area contributed by atoms with Gasteiger partial charge in [0.2, 0.25) is 0 Å². The van der Waals surface area contributed by atoms with Crippen LogP contribution in [0.2, 0.25) is 5.02 Å². The SMILES string of the molecule is C[C@H](C(=O)CCc1ccc(C(F)(F)F)nc1-c1ccc(F)c(Cl)c1)c1ccc(CCS(C)(=O)=O)c(F)c1. The molecule has 2 aromatic carbocycles. The van der Waals surface area contributed by atoms with Gasteiger partial charge in [-0.1, -0.05) is 36.7 Å². The van der Waals surface area contributed by atoms with E-state index in [4.69, 9.17) is 11.6 Å². The minimum absolute atomic E-state index is 0.00434. The van der Waals surface area contributed by atoms with Crippen LogP contribution >= 0.6 is 11.6 Å². The molecule has 0 saturated heterocycles. The molecule has 0 saturated carbocycles. The van der Waals surface area contributed by atoms with E-state index in [0.717, 1.165) is 18.4 Å². The van der Waals surface area contributed by atoms with Gasteiger partial charge in [0.15, 0.2) is 0 Å². The molecule has 0 aliphatic rings. The lowest BCUT2D eigenvalue weighted by molar-refractivity contribution is -0.141. The zero-order valence-electron chi connectivity index (χ0n) is 19.9. The lowest BCUT2D eigenvalue weighted by Crippen LogP contribution is -2.13. The van der Waals surface area contributed by atoms with Crippen LogP contribution in [0.25, 0.3) is 11.3 Å². The van der Waals surface area contributed by atoms with Crippen molar-refractivity contribution >= 4 is 27.2 Å². The highest BCUT2D eigenvalue weighted by Crippen LogP contribution is 2.33. The summed E-state index contributed by atoms with van der Waals surface area (Å²) in [6, 6.07) is 9.65. The van der Waals surface area contributed by atoms with Crippen molar-refractivity contribution in [3.8, 4) is 11.3 Å². The van der Waals surface area contributed by atoms with E-state index in [2.05, 4.69) is 4.98 Å². The summed E-state index contributed by atoms with van der Waals surface area (Å²) in [6.07, 6.45) is -3.69. The molecule has 1 aromatic heterocycles. The van der Waals surface area contributed by atoms with Crippen molar-refractivity contribution in [2.24, 2.45) is 0 Å². The summed E-state index contributed by atoms with van der Waals surface area (Å²) < 4.78 is 90.6. The number of alkyl halides is 3. The first-order chi connectivity index (χ1) is 17.2. The van der Waals surface area contributed by atoms with Gasteiger partial charge >= 0.3 is 6.18 Å². The molecule has 3 rings (SSSR count). The van der Waals surface area contributed by atoms with Crippen LogP contribution in [0.5, 0.6) is 0 Å². The van der Waals surface area contributed by atoms with Crippen LogP contribution in [-0.4, -0.2) is 31.2 Å². The maximum absolute atomic E-state index is 14.5. The molecule has 0 radical (unpaired) electrons. The third-order valence-electron chi connectivity index (χ3n) is 5.91. The lowest BCUT2D eigenvalue weighted by atomic mass is 9.91. The third kappa shape index (κ3) is 7.58. The average molecular weight is 560 g/mol. The summed E-state index contributed by atoms with van der Waals surface area (Å²) in [5.41, 5.74) is -0.108. The first-order valence-corrected chi connectivity index (χ1v) is 13.6. The lowest BCUT2D eigenvalue weighted by Gasteiger charge is -2.15. The maximum Gasteiger partial charge on any atom is 0.433 e. The van der Waals surface area contributed by atoms with Crippen LogP contribution in [0.4, 0.5) is 22.0 Å². The second kappa shape index (κ2) is 11.3. The van der Waals surface area contributed by atoms with Crippen LogP contribution in [-0.2, 0) is 33.6 Å². The quantitative estimate of drug-likeness (QED) is 0.277. The van der Waals surface area contributed by atoms with E-state index >= 15 is 0 Å². The molecule has 1 heterocycles. The van der Waals surface area contributed by atoms with Gasteiger partial charge in [-0.15, -0.1) is 0 Å². The number of nitrogens with zero attached hydrogens (tertiary/aromatic N) is 1. The fraction of sp³-hybridized carbons (Fsp3) is 0.308. The molecule has 3 aromatic rings. The van der Waals surface area contributed by atoms with Gasteiger partial charge in [-0.25, -0.2) is 22.2 Å². The smallest absolute Gasteiger partial charge is 0.299 e. The van der Waals surface area contributed by atoms with Gasteiger partial charge in [0.05, 0.1) is 16.5 Å². The molecule has 11 heteroatoms. The Bertz CT molecular complexity index is 1420. The van der Waals surface area contributed by atoms with Crippen LogP contribution in [0.1, 0.15) is 41.6 Å². The molecule has 0 amide bonds. The predicted octanol–water partition coefficient (Wildman–Crippen LogP) is 6.59. The summed E-state index contributed by atoms with van der Waals surface area (Å²) in [5.74, 6) is -2.57. The van der Waals surface area contributed by atoms with Gasteiger partial charge in [-0.05, 0) is 59.9 Å². The number of Topliss-reactive ketones (excluding diaryl/α,β-unsaturated/α-hetero) is 1. The average Bonchev–Trinajstić information content (AvgIpc) is 2.81. The fourth-order valence-corrected chi connectivity index (χ4v) is 4.50. The number of carbonyl (C=O) groups excluding carboxylic acids is 1. The fourth-order valence-electron chi connectivity index (χ4n) is 3.73. The summed E-state index contributed by atoms with van der Waals surface area (Å²) in [7, 11) is -3.27. The summed E-state index contributed by atoms with van der Waals surface area (Å²) in [5, 5.41) is -0.283. The molecule has 198 valence electrons. The molecule has 0 N–H and O–H groups in total. The molecule has 4 nitrogen and oxygen atoms in total. The highest BCUT2D eigenvalue weighted by atomic mass is 35.5. The van der Waals surface area contributed by atoms with E-state index in [-0.39, 0.29) is 52.6 Å².